The quantitative estimate of drug-likeness (QED) is 0.783. The Morgan fingerprint density at radius 2 is 2.00 bits per heavy atom. The molecular formula is C16H23NO5S2. The molecule has 1 saturated heterocycles. The first-order valence-electron chi connectivity index (χ1n) is 8.20. The number of aryl methyl sites for hydroxylation is 1. The van der Waals surface area contributed by atoms with Crippen LogP contribution in [-0.4, -0.2) is 51.8 Å². The van der Waals surface area contributed by atoms with Gasteiger partial charge in [0.2, 0.25) is 10.0 Å². The first-order valence-corrected chi connectivity index (χ1v) is 11.5. The third-order valence-electron chi connectivity index (χ3n) is 4.57. The first-order chi connectivity index (χ1) is 11.2. The van der Waals surface area contributed by atoms with Gasteiger partial charge < -0.3 is 4.74 Å². The van der Waals surface area contributed by atoms with Crippen molar-refractivity contribution in [2.45, 2.75) is 37.6 Å². The van der Waals surface area contributed by atoms with Crippen LogP contribution in [0.4, 0.5) is 0 Å². The average molecular weight is 373 g/mol. The van der Waals surface area contributed by atoms with Crippen molar-refractivity contribution in [3.8, 4) is 5.75 Å². The third-order valence-corrected chi connectivity index (χ3v) is 8.17. The molecule has 8 heteroatoms. The third kappa shape index (κ3) is 3.45. The minimum absolute atomic E-state index is 0.0192. The van der Waals surface area contributed by atoms with E-state index in [0.29, 0.717) is 12.4 Å². The number of ether oxygens (including phenoxy) is 1. The molecule has 1 atom stereocenters. The van der Waals surface area contributed by atoms with E-state index in [-0.39, 0.29) is 28.9 Å². The van der Waals surface area contributed by atoms with Crippen molar-refractivity contribution in [2.75, 3.05) is 24.7 Å². The number of sulfonamides is 1. The van der Waals surface area contributed by atoms with Gasteiger partial charge in [-0.05, 0) is 50.3 Å². The van der Waals surface area contributed by atoms with Gasteiger partial charge in [-0.15, -0.1) is 0 Å². The Bertz CT molecular complexity index is 828. The summed E-state index contributed by atoms with van der Waals surface area (Å²) < 4.78 is 57.3. The number of sulfone groups is 1. The SMILES string of the molecule is CCOc1ccc(C)cc1S(=O)(=O)N1CCS(=O)(=O)CC1C1CC1. The summed E-state index contributed by atoms with van der Waals surface area (Å²) in [7, 11) is -6.98. The number of rotatable bonds is 5. The summed E-state index contributed by atoms with van der Waals surface area (Å²) in [6.45, 7) is 4.02. The van der Waals surface area contributed by atoms with Crippen molar-refractivity contribution < 1.29 is 21.6 Å². The fourth-order valence-corrected chi connectivity index (χ4v) is 6.92. The van der Waals surface area contributed by atoms with Crippen LogP contribution >= 0.6 is 0 Å². The van der Waals surface area contributed by atoms with Gasteiger partial charge in [-0.1, -0.05) is 6.07 Å². The summed E-state index contributed by atoms with van der Waals surface area (Å²) in [6.07, 6.45) is 1.77. The minimum Gasteiger partial charge on any atom is -0.492 e. The molecule has 1 aromatic carbocycles. The first kappa shape index (κ1) is 17.7. The number of nitrogens with zero attached hydrogens (tertiary/aromatic N) is 1. The molecule has 2 aliphatic rings. The maximum Gasteiger partial charge on any atom is 0.247 e. The van der Waals surface area contributed by atoms with E-state index in [1.165, 1.54) is 4.31 Å². The highest BCUT2D eigenvalue weighted by Gasteiger charge is 2.46. The van der Waals surface area contributed by atoms with Crippen molar-refractivity contribution in [1.82, 2.24) is 4.31 Å². The average Bonchev–Trinajstić information content (AvgIpc) is 3.32. The smallest absolute Gasteiger partial charge is 0.247 e. The van der Waals surface area contributed by atoms with Crippen molar-refractivity contribution in [3.63, 3.8) is 0 Å². The molecule has 0 spiro atoms. The zero-order valence-corrected chi connectivity index (χ0v) is 15.6. The summed E-state index contributed by atoms with van der Waals surface area (Å²) in [4.78, 5) is 0.134. The Hall–Kier alpha value is -1.12. The predicted molar refractivity (Wildman–Crippen MR) is 91.4 cm³/mol. The highest BCUT2D eigenvalue weighted by molar-refractivity contribution is 7.92. The molecule has 1 aliphatic carbocycles. The van der Waals surface area contributed by atoms with Gasteiger partial charge in [0.25, 0.3) is 0 Å². The summed E-state index contributed by atoms with van der Waals surface area (Å²) in [5.41, 5.74) is 0.824. The Balaban J connectivity index is 2.02. The van der Waals surface area contributed by atoms with E-state index in [1.54, 1.807) is 19.1 Å². The van der Waals surface area contributed by atoms with Gasteiger partial charge >= 0.3 is 0 Å². The lowest BCUT2D eigenvalue weighted by Crippen LogP contribution is -2.52. The van der Waals surface area contributed by atoms with Gasteiger partial charge in [-0.3, -0.25) is 0 Å². The predicted octanol–water partition coefficient (Wildman–Crippen LogP) is 1.59. The van der Waals surface area contributed by atoms with Crippen LogP contribution in [0.25, 0.3) is 0 Å². The number of hydrogen-bond donors (Lipinski definition) is 0. The normalized spacial score (nSPS) is 24.7. The molecule has 3 rings (SSSR count). The van der Waals surface area contributed by atoms with Gasteiger partial charge in [-0.25, -0.2) is 16.8 Å². The zero-order chi connectivity index (χ0) is 17.5. The van der Waals surface area contributed by atoms with Crippen LogP contribution in [0.5, 0.6) is 5.75 Å². The van der Waals surface area contributed by atoms with Crippen molar-refractivity contribution in [3.05, 3.63) is 23.8 Å². The molecule has 6 nitrogen and oxygen atoms in total. The topological polar surface area (TPSA) is 80.8 Å². The molecule has 1 aromatic rings. The van der Waals surface area contributed by atoms with Gasteiger partial charge in [0, 0.05) is 12.6 Å². The van der Waals surface area contributed by atoms with E-state index in [2.05, 4.69) is 0 Å². The number of benzene rings is 1. The highest BCUT2D eigenvalue weighted by atomic mass is 32.2. The second kappa shape index (κ2) is 6.31. The minimum atomic E-state index is -3.80. The molecule has 0 N–H and O–H groups in total. The van der Waals surface area contributed by atoms with E-state index < -0.39 is 25.9 Å². The standard InChI is InChI=1S/C16H23NO5S2/c1-3-22-15-7-4-12(2)10-16(15)24(20,21)17-8-9-23(18,19)11-14(17)13-5-6-13/h4,7,10,13-14H,3,5-6,8-9,11H2,1-2H3. The molecule has 2 fully saturated rings. The summed E-state index contributed by atoms with van der Waals surface area (Å²) in [5.74, 6) is 0.277. The van der Waals surface area contributed by atoms with E-state index in [4.69, 9.17) is 4.74 Å². The fourth-order valence-electron chi connectivity index (χ4n) is 3.19. The van der Waals surface area contributed by atoms with E-state index in [9.17, 15) is 16.8 Å². The fraction of sp³-hybridized carbons (Fsp3) is 0.625. The second-order valence-electron chi connectivity index (χ2n) is 6.52. The molecule has 0 radical (unpaired) electrons. The largest absolute Gasteiger partial charge is 0.492 e. The van der Waals surface area contributed by atoms with Crippen molar-refractivity contribution in [1.29, 1.82) is 0 Å². The zero-order valence-electron chi connectivity index (χ0n) is 13.9. The highest BCUT2D eigenvalue weighted by Crippen LogP contribution is 2.40. The summed E-state index contributed by atoms with van der Waals surface area (Å²) >= 11 is 0. The molecule has 1 unspecified atom stereocenters. The molecule has 1 saturated carbocycles. The van der Waals surface area contributed by atoms with E-state index in [1.807, 2.05) is 13.0 Å². The molecule has 134 valence electrons. The summed E-state index contributed by atoms with van der Waals surface area (Å²) in [6, 6.07) is 4.62. The van der Waals surface area contributed by atoms with Gasteiger partial charge in [-0.2, -0.15) is 4.31 Å². The monoisotopic (exact) mass is 373 g/mol. The molecule has 1 aliphatic heterocycles. The van der Waals surface area contributed by atoms with Crippen molar-refractivity contribution in [2.24, 2.45) is 5.92 Å². The van der Waals surface area contributed by atoms with Crippen molar-refractivity contribution >= 4 is 19.9 Å². The maximum absolute atomic E-state index is 13.2. The Morgan fingerprint density at radius 3 is 2.62 bits per heavy atom. The van der Waals surface area contributed by atoms with Gasteiger partial charge in [0.15, 0.2) is 9.84 Å². The van der Waals surface area contributed by atoms with E-state index >= 15 is 0 Å². The molecule has 0 aromatic heterocycles. The molecule has 24 heavy (non-hydrogen) atoms. The molecule has 1 heterocycles. The van der Waals surface area contributed by atoms with Gasteiger partial charge in [0.1, 0.15) is 10.6 Å². The Labute approximate surface area is 143 Å². The Morgan fingerprint density at radius 1 is 1.29 bits per heavy atom. The van der Waals surface area contributed by atoms with Crippen LogP contribution in [0.2, 0.25) is 0 Å². The van der Waals surface area contributed by atoms with Crippen LogP contribution in [0, 0.1) is 12.8 Å². The Kier molecular flexibility index (Phi) is 4.65. The molecule has 0 amide bonds. The van der Waals surface area contributed by atoms with Crippen LogP contribution in [0.1, 0.15) is 25.3 Å². The lowest BCUT2D eigenvalue weighted by molar-refractivity contribution is 0.304. The lowest BCUT2D eigenvalue weighted by atomic mass is 10.2. The van der Waals surface area contributed by atoms with Crippen LogP contribution in [-0.2, 0) is 19.9 Å². The van der Waals surface area contributed by atoms with Gasteiger partial charge in [0.05, 0.1) is 18.1 Å². The summed E-state index contributed by atoms with van der Waals surface area (Å²) in [5, 5.41) is 0. The van der Waals surface area contributed by atoms with Crippen LogP contribution < -0.4 is 4.74 Å². The molecular weight excluding hydrogens is 350 g/mol. The number of hydrogen-bond acceptors (Lipinski definition) is 5. The lowest BCUT2D eigenvalue weighted by Gasteiger charge is -2.35. The van der Waals surface area contributed by atoms with E-state index in [0.717, 1.165) is 18.4 Å². The second-order valence-corrected chi connectivity index (χ2v) is 10.6. The van der Waals surface area contributed by atoms with Crippen LogP contribution in [0.3, 0.4) is 0 Å². The maximum atomic E-state index is 13.2. The molecule has 0 bridgehead atoms. The van der Waals surface area contributed by atoms with Crippen LogP contribution in [0.15, 0.2) is 23.1 Å².